The number of halogens is 2. The van der Waals surface area contributed by atoms with Crippen LogP contribution in [0.5, 0.6) is 0 Å². The molecular weight excluding hydrogens is 293 g/mol. The van der Waals surface area contributed by atoms with E-state index in [2.05, 4.69) is 0 Å². The van der Waals surface area contributed by atoms with E-state index in [9.17, 15) is 4.39 Å². The predicted molar refractivity (Wildman–Crippen MR) is 84.8 cm³/mol. The molecule has 106 valence electrons. The maximum atomic E-state index is 13.7. The van der Waals surface area contributed by atoms with Gasteiger partial charge < -0.3 is 5.73 Å². The fourth-order valence-corrected chi connectivity index (χ4v) is 3.44. The summed E-state index contributed by atoms with van der Waals surface area (Å²) < 4.78 is 13.7. The standard InChI is InChI=1S/C16H17ClFNS/c1-10-7-16(13(11(2)19)8-15(10)18)20-9-12-5-3-4-6-14(12)17/h3-8,11H,9,19H2,1-2H3/t11-/m1/s1. The van der Waals surface area contributed by atoms with Crippen molar-refractivity contribution in [2.75, 3.05) is 0 Å². The molecule has 1 atom stereocenters. The average Bonchev–Trinajstić information content (AvgIpc) is 2.41. The van der Waals surface area contributed by atoms with Crippen molar-refractivity contribution in [3.63, 3.8) is 0 Å². The fourth-order valence-electron chi connectivity index (χ4n) is 1.92. The van der Waals surface area contributed by atoms with Crippen LogP contribution in [-0.2, 0) is 5.75 Å². The fraction of sp³-hybridized carbons (Fsp3) is 0.250. The van der Waals surface area contributed by atoms with Crippen molar-refractivity contribution in [1.82, 2.24) is 0 Å². The van der Waals surface area contributed by atoms with Crippen molar-refractivity contribution in [3.8, 4) is 0 Å². The van der Waals surface area contributed by atoms with Crippen LogP contribution in [0.1, 0.15) is 29.7 Å². The Bertz CT molecular complexity index is 613. The minimum absolute atomic E-state index is 0.196. The average molecular weight is 310 g/mol. The third kappa shape index (κ3) is 3.54. The van der Waals surface area contributed by atoms with Crippen LogP contribution in [0.15, 0.2) is 41.3 Å². The molecule has 0 spiro atoms. The van der Waals surface area contributed by atoms with Gasteiger partial charge in [0.25, 0.3) is 0 Å². The minimum atomic E-state index is -0.209. The number of hydrogen-bond donors (Lipinski definition) is 1. The molecule has 0 aliphatic carbocycles. The third-order valence-electron chi connectivity index (χ3n) is 3.12. The van der Waals surface area contributed by atoms with E-state index in [4.69, 9.17) is 17.3 Å². The van der Waals surface area contributed by atoms with E-state index >= 15 is 0 Å². The Balaban J connectivity index is 2.25. The van der Waals surface area contributed by atoms with Crippen molar-refractivity contribution in [1.29, 1.82) is 0 Å². The minimum Gasteiger partial charge on any atom is -0.324 e. The van der Waals surface area contributed by atoms with E-state index in [0.717, 1.165) is 26.8 Å². The van der Waals surface area contributed by atoms with Crippen LogP contribution in [-0.4, -0.2) is 0 Å². The van der Waals surface area contributed by atoms with Crippen LogP contribution in [0.3, 0.4) is 0 Å². The van der Waals surface area contributed by atoms with Crippen LogP contribution in [0, 0.1) is 12.7 Å². The number of hydrogen-bond acceptors (Lipinski definition) is 2. The molecule has 0 fully saturated rings. The number of nitrogens with two attached hydrogens (primary N) is 1. The molecule has 2 aromatic rings. The molecule has 0 aromatic heterocycles. The summed E-state index contributed by atoms with van der Waals surface area (Å²) in [5, 5.41) is 0.751. The highest BCUT2D eigenvalue weighted by molar-refractivity contribution is 7.98. The van der Waals surface area contributed by atoms with E-state index in [-0.39, 0.29) is 11.9 Å². The zero-order chi connectivity index (χ0) is 14.7. The first-order valence-electron chi connectivity index (χ1n) is 6.41. The molecular formula is C16H17ClFNS. The topological polar surface area (TPSA) is 26.0 Å². The summed E-state index contributed by atoms with van der Waals surface area (Å²) in [5.74, 6) is 0.532. The molecule has 0 saturated carbocycles. The van der Waals surface area contributed by atoms with Gasteiger partial charge in [-0.05, 0) is 48.7 Å². The summed E-state index contributed by atoms with van der Waals surface area (Å²) in [4.78, 5) is 1.01. The molecule has 2 rings (SSSR count). The molecule has 0 unspecified atom stereocenters. The van der Waals surface area contributed by atoms with Crippen molar-refractivity contribution < 1.29 is 4.39 Å². The summed E-state index contributed by atoms with van der Waals surface area (Å²) in [5.41, 5.74) is 8.47. The number of rotatable bonds is 4. The molecule has 20 heavy (non-hydrogen) atoms. The first kappa shape index (κ1) is 15.4. The van der Waals surface area contributed by atoms with Gasteiger partial charge in [-0.1, -0.05) is 29.8 Å². The molecule has 0 aliphatic heterocycles. The van der Waals surface area contributed by atoms with Crippen LogP contribution in [0.2, 0.25) is 5.02 Å². The summed E-state index contributed by atoms with van der Waals surface area (Å²) in [6.07, 6.45) is 0. The zero-order valence-electron chi connectivity index (χ0n) is 11.5. The first-order valence-corrected chi connectivity index (χ1v) is 7.77. The zero-order valence-corrected chi connectivity index (χ0v) is 13.1. The quantitative estimate of drug-likeness (QED) is 0.795. The summed E-state index contributed by atoms with van der Waals surface area (Å²) in [6, 6.07) is 10.9. The Morgan fingerprint density at radius 2 is 2.00 bits per heavy atom. The van der Waals surface area contributed by atoms with Crippen LogP contribution in [0.25, 0.3) is 0 Å². The molecule has 0 amide bonds. The lowest BCUT2D eigenvalue weighted by molar-refractivity contribution is 0.610. The number of aryl methyl sites for hydroxylation is 1. The highest BCUT2D eigenvalue weighted by Gasteiger charge is 2.12. The van der Waals surface area contributed by atoms with Gasteiger partial charge in [0.1, 0.15) is 5.82 Å². The predicted octanol–water partition coefficient (Wildman–Crippen LogP) is 5.10. The van der Waals surface area contributed by atoms with Gasteiger partial charge in [0, 0.05) is 21.7 Å². The van der Waals surface area contributed by atoms with Crippen molar-refractivity contribution in [2.24, 2.45) is 5.73 Å². The molecule has 2 aromatic carbocycles. The van der Waals surface area contributed by atoms with Gasteiger partial charge in [-0.2, -0.15) is 0 Å². The normalized spacial score (nSPS) is 12.4. The van der Waals surface area contributed by atoms with Gasteiger partial charge in [0.05, 0.1) is 0 Å². The van der Waals surface area contributed by atoms with Gasteiger partial charge in [0.2, 0.25) is 0 Å². The molecule has 4 heteroatoms. The Morgan fingerprint density at radius 1 is 1.30 bits per heavy atom. The van der Waals surface area contributed by atoms with Gasteiger partial charge in [-0.3, -0.25) is 0 Å². The van der Waals surface area contributed by atoms with E-state index < -0.39 is 0 Å². The Kier molecular flexibility index (Phi) is 5.08. The Labute approximate surface area is 128 Å². The summed E-state index contributed by atoms with van der Waals surface area (Å²) in [7, 11) is 0. The van der Waals surface area contributed by atoms with E-state index in [1.54, 1.807) is 18.7 Å². The summed E-state index contributed by atoms with van der Waals surface area (Å²) >= 11 is 7.79. The highest BCUT2D eigenvalue weighted by atomic mass is 35.5. The van der Waals surface area contributed by atoms with Gasteiger partial charge in [0.15, 0.2) is 0 Å². The van der Waals surface area contributed by atoms with Gasteiger partial charge in [-0.15, -0.1) is 11.8 Å². The van der Waals surface area contributed by atoms with E-state index in [1.807, 2.05) is 37.3 Å². The van der Waals surface area contributed by atoms with Crippen LogP contribution in [0.4, 0.5) is 4.39 Å². The van der Waals surface area contributed by atoms with Crippen LogP contribution < -0.4 is 5.73 Å². The third-order valence-corrected chi connectivity index (χ3v) is 4.61. The highest BCUT2D eigenvalue weighted by Crippen LogP contribution is 2.32. The summed E-state index contributed by atoms with van der Waals surface area (Å²) in [6.45, 7) is 3.63. The maximum Gasteiger partial charge on any atom is 0.126 e. The molecule has 0 heterocycles. The van der Waals surface area contributed by atoms with Crippen molar-refractivity contribution in [3.05, 3.63) is 63.9 Å². The van der Waals surface area contributed by atoms with Crippen molar-refractivity contribution in [2.45, 2.75) is 30.5 Å². The Hall–Kier alpha value is -1.03. The number of benzene rings is 2. The largest absolute Gasteiger partial charge is 0.324 e. The number of thioether (sulfide) groups is 1. The molecule has 0 radical (unpaired) electrons. The van der Waals surface area contributed by atoms with Crippen molar-refractivity contribution >= 4 is 23.4 Å². The molecule has 2 N–H and O–H groups in total. The molecule has 0 bridgehead atoms. The Morgan fingerprint density at radius 3 is 2.65 bits per heavy atom. The SMILES string of the molecule is Cc1cc(SCc2ccccc2Cl)c([C@@H](C)N)cc1F. The molecule has 0 aliphatic rings. The second-order valence-corrected chi connectivity index (χ2v) is 6.23. The molecule has 0 saturated heterocycles. The van der Waals surface area contributed by atoms with Crippen LogP contribution >= 0.6 is 23.4 Å². The first-order chi connectivity index (χ1) is 9.49. The molecule has 1 nitrogen and oxygen atoms in total. The second-order valence-electron chi connectivity index (χ2n) is 4.81. The van der Waals surface area contributed by atoms with Gasteiger partial charge in [-0.25, -0.2) is 4.39 Å². The second kappa shape index (κ2) is 6.61. The maximum absolute atomic E-state index is 13.7. The monoisotopic (exact) mass is 309 g/mol. The lowest BCUT2D eigenvalue weighted by atomic mass is 10.1. The lowest BCUT2D eigenvalue weighted by Gasteiger charge is -2.14. The lowest BCUT2D eigenvalue weighted by Crippen LogP contribution is -2.07. The van der Waals surface area contributed by atoms with E-state index in [0.29, 0.717) is 5.56 Å². The van der Waals surface area contributed by atoms with Gasteiger partial charge >= 0.3 is 0 Å². The smallest absolute Gasteiger partial charge is 0.126 e. The van der Waals surface area contributed by atoms with E-state index in [1.165, 1.54) is 6.07 Å².